The van der Waals surface area contributed by atoms with Crippen molar-refractivity contribution >= 4 is 39.2 Å². The number of halogens is 1. The van der Waals surface area contributed by atoms with E-state index in [9.17, 15) is 9.59 Å². The predicted molar refractivity (Wildman–Crippen MR) is 96.6 cm³/mol. The van der Waals surface area contributed by atoms with E-state index in [1.807, 2.05) is 24.3 Å². The molecule has 1 N–H and O–H groups in total. The highest BCUT2D eigenvalue weighted by molar-refractivity contribution is 9.10. The smallest absolute Gasteiger partial charge is 0.339 e. The molecule has 0 radical (unpaired) electrons. The minimum atomic E-state index is -0.750. The number of oxime groups is 1. The van der Waals surface area contributed by atoms with Crippen molar-refractivity contribution in [2.75, 3.05) is 12.4 Å². The van der Waals surface area contributed by atoms with E-state index in [1.54, 1.807) is 24.3 Å². The number of hydrogen-bond acceptors (Lipinski definition) is 5. The molecule has 0 aliphatic carbocycles. The minimum absolute atomic E-state index is 0.282. The first-order chi connectivity index (χ1) is 12.1. The van der Waals surface area contributed by atoms with Crippen LogP contribution in [0, 0.1) is 0 Å². The second-order valence-electron chi connectivity index (χ2n) is 5.37. The molecule has 2 aromatic carbocycles. The van der Waals surface area contributed by atoms with Gasteiger partial charge in [0.15, 0.2) is 0 Å². The Hall–Kier alpha value is -2.67. The summed E-state index contributed by atoms with van der Waals surface area (Å²) < 4.78 is 5.65. The minimum Gasteiger partial charge on any atom is -0.465 e. The molecule has 1 aliphatic heterocycles. The normalized spacial score (nSPS) is 15.9. The van der Waals surface area contributed by atoms with Crippen LogP contribution in [0.2, 0.25) is 0 Å². The Morgan fingerprint density at radius 2 is 2.04 bits per heavy atom. The molecule has 0 aromatic heterocycles. The first-order valence-electron chi connectivity index (χ1n) is 7.55. The van der Waals surface area contributed by atoms with Gasteiger partial charge in [-0.2, -0.15) is 0 Å². The van der Waals surface area contributed by atoms with Crippen LogP contribution < -0.4 is 5.32 Å². The molecule has 7 heteroatoms. The third-order valence-electron chi connectivity index (χ3n) is 3.71. The van der Waals surface area contributed by atoms with Crippen LogP contribution in [0.25, 0.3) is 0 Å². The van der Waals surface area contributed by atoms with E-state index < -0.39 is 12.1 Å². The Morgan fingerprint density at radius 1 is 1.24 bits per heavy atom. The van der Waals surface area contributed by atoms with Crippen molar-refractivity contribution < 1.29 is 19.2 Å². The highest BCUT2D eigenvalue weighted by Gasteiger charge is 2.29. The second kappa shape index (κ2) is 7.48. The first kappa shape index (κ1) is 17.2. The van der Waals surface area contributed by atoms with Crippen LogP contribution in [0.4, 0.5) is 5.69 Å². The maximum Gasteiger partial charge on any atom is 0.339 e. The number of anilines is 1. The molecule has 3 rings (SSSR count). The van der Waals surface area contributed by atoms with Crippen LogP contribution in [0.1, 0.15) is 22.3 Å². The fourth-order valence-electron chi connectivity index (χ4n) is 2.45. The van der Waals surface area contributed by atoms with Gasteiger partial charge in [0.2, 0.25) is 6.10 Å². The van der Waals surface area contributed by atoms with E-state index in [0.29, 0.717) is 17.8 Å². The third-order valence-corrected chi connectivity index (χ3v) is 4.20. The monoisotopic (exact) mass is 402 g/mol. The van der Waals surface area contributed by atoms with Gasteiger partial charge in [-0.25, -0.2) is 4.79 Å². The summed E-state index contributed by atoms with van der Waals surface area (Å²) in [5, 5.41) is 6.71. The summed E-state index contributed by atoms with van der Waals surface area (Å²) in [5.41, 5.74) is 2.24. The fourth-order valence-corrected chi connectivity index (χ4v) is 2.85. The third kappa shape index (κ3) is 3.88. The molecule has 0 spiro atoms. The Bertz CT molecular complexity index is 850. The zero-order valence-corrected chi connectivity index (χ0v) is 14.9. The van der Waals surface area contributed by atoms with Crippen molar-refractivity contribution in [1.29, 1.82) is 0 Å². The molecule has 128 valence electrons. The quantitative estimate of drug-likeness (QED) is 0.795. The molecular formula is C18H15BrN2O4. The second-order valence-corrected chi connectivity index (χ2v) is 6.29. The Balaban J connectivity index is 1.69. The molecule has 0 bridgehead atoms. The van der Waals surface area contributed by atoms with Crippen LogP contribution in [-0.4, -0.2) is 30.8 Å². The number of benzene rings is 2. The molecule has 0 saturated carbocycles. The van der Waals surface area contributed by atoms with Crippen LogP contribution in [0.15, 0.2) is 58.2 Å². The SMILES string of the molecule is COC(=O)c1ccccc1NC(=O)C1CC(c2cccc(Br)c2)=NO1. The highest BCUT2D eigenvalue weighted by Crippen LogP contribution is 2.22. The highest BCUT2D eigenvalue weighted by atomic mass is 79.9. The number of carbonyl (C=O) groups is 2. The number of rotatable bonds is 4. The molecule has 0 saturated heterocycles. The number of hydrogen-bond donors (Lipinski definition) is 1. The van der Waals surface area contributed by atoms with E-state index in [-0.39, 0.29) is 11.5 Å². The van der Waals surface area contributed by atoms with E-state index >= 15 is 0 Å². The lowest BCUT2D eigenvalue weighted by atomic mass is 10.0. The van der Waals surface area contributed by atoms with E-state index in [2.05, 4.69) is 26.4 Å². The first-order valence-corrected chi connectivity index (χ1v) is 8.34. The average molecular weight is 403 g/mol. The summed E-state index contributed by atoms with van der Waals surface area (Å²) in [5.74, 6) is -0.889. The lowest BCUT2D eigenvalue weighted by molar-refractivity contribution is -0.125. The topological polar surface area (TPSA) is 77.0 Å². The van der Waals surface area contributed by atoms with Gasteiger partial charge in [-0.1, -0.05) is 45.4 Å². The van der Waals surface area contributed by atoms with Gasteiger partial charge >= 0.3 is 5.97 Å². The largest absolute Gasteiger partial charge is 0.465 e. The number of methoxy groups -OCH3 is 1. The lowest BCUT2D eigenvalue weighted by Gasteiger charge is -2.12. The average Bonchev–Trinajstić information content (AvgIpc) is 3.12. The molecule has 1 heterocycles. The molecule has 1 unspecified atom stereocenters. The van der Waals surface area contributed by atoms with E-state index in [0.717, 1.165) is 10.0 Å². The number of esters is 1. The maximum absolute atomic E-state index is 12.5. The van der Waals surface area contributed by atoms with Gasteiger partial charge in [-0.3, -0.25) is 4.79 Å². The summed E-state index contributed by atoms with van der Waals surface area (Å²) in [6.45, 7) is 0. The van der Waals surface area contributed by atoms with Crippen molar-refractivity contribution in [1.82, 2.24) is 0 Å². The molecule has 2 aromatic rings. The Kier molecular flexibility index (Phi) is 5.14. The van der Waals surface area contributed by atoms with Gasteiger partial charge in [0.25, 0.3) is 5.91 Å². The number of carbonyl (C=O) groups excluding carboxylic acids is 2. The van der Waals surface area contributed by atoms with Crippen LogP contribution in [0.5, 0.6) is 0 Å². The maximum atomic E-state index is 12.5. The Morgan fingerprint density at radius 3 is 2.80 bits per heavy atom. The van der Waals surface area contributed by atoms with Gasteiger partial charge in [-0.05, 0) is 24.3 Å². The van der Waals surface area contributed by atoms with E-state index in [4.69, 9.17) is 9.57 Å². The van der Waals surface area contributed by atoms with Gasteiger partial charge in [0, 0.05) is 16.5 Å². The van der Waals surface area contributed by atoms with Crippen molar-refractivity contribution in [3.8, 4) is 0 Å². The Labute approximate surface area is 152 Å². The standard InChI is InChI=1S/C18H15BrN2O4/c1-24-18(23)13-7-2-3-8-14(13)20-17(22)16-10-15(21-25-16)11-5-4-6-12(19)9-11/h2-9,16H,10H2,1H3,(H,20,22). The molecular weight excluding hydrogens is 388 g/mol. The van der Waals surface area contributed by atoms with Gasteiger partial charge in [0.05, 0.1) is 24.1 Å². The van der Waals surface area contributed by atoms with Gasteiger partial charge < -0.3 is 14.9 Å². The summed E-state index contributed by atoms with van der Waals surface area (Å²) in [4.78, 5) is 29.5. The number of nitrogens with one attached hydrogen (secondary N) is 1. The van der Waals surface area contributed by atoms with Crippen molar-refractivity contribution in [2.24, 2.45) is 5.16 Å². The summed E-state index contributed by atoms with van der Waals surface area (Å²) in [6, 6.07) is 14.3. The van der Waals surface area contributed by atoms with Gasteiger partial charge in [0.1, 0.15) is 0 Å². The predicted octanol–water partition coefficient (Wildman–Crippen LogP) is 3.37. The van der Waals surface area contributed by atoms with Crippen LogP contribution in [0.3, 0.4) is 0 Å². The summed E-state index contributed by atoms with van der Waals surface area (Å²) in [7, 11) is 1.29. The van der Waals surface area contributed by atoms with Crippen molar-refractivity contribution in [2.45, 2.75) is 12.5 Å². The molecule has 0 fully saturated rings. The fraction of sp³-hybridized carbons (Fsp3) is 0.167. The molecule has 25 heavy (non-hydrogen) atoms. The summed E-state index contributed by atoms with van der Waals surface area (Å²) in [6.07, 6.45) is -0.400. The number of nitrogens with zero attached hydrogens (tertiary/aromatic N) is 1. The van der Waals surface area contributed by atoms with Crippen LogP contribution >= 0.6 is 15.9 Å². The lowest BCUT2D eigenvalue weighted by Crippen LogP contribution is -2.28. The van der Waals surface area contributed by atoms with Gasteiger partial charge in [-0.15, -0.1) is 0 Å². The molecule has 1 aliphatic rings. The number of ether oxygens (including phenoxy) is 1. The zero-order valence-electron chi connectivity index (χ0n) is 13.4. The van der Waals surface area contributed by atoms with Crippen molar-refractivity contribution in [3.05, 3.63) is 64.1 Å². The number of amides is 1. The molecule has 1 amide bonds. The van der Waals surface area contributed by atoms with Crippen LogP contribution in [-0.2, 0) is 14.4 Å². The van der Waals surface area contributed by atoms with E-state index in [1.165, 1.54) is 7.11 Å². The number of para-hydroxylation sites is 1. The molecule has 1 atom stereocenters. The van der Waals surface area contributed by atoms with Crippen molar-refractivity contribution in [3.63, 3.8) is 0 Å². The molecule has 6 nitrogen and oxygen atoms in total. The summed E-state index contributed by atoms with van der Waals surface area (Å²) >= 11 is 3.41. The zero-order chi connectivity index (χ0) is 17.8.